The van der Waals surface area contributed by atoms with E-state index >= 15 is 0 Å². The molecule has 22 heavy (non-hydrogen) atoms. The van der Waals surface area contributed by atoms with Gasteiger partial charge >= 0.3 is 0 Å². The number of rotatable bonds is 3. The molecule has 2 aliphatic rings. The number of para-hydroxylation sites is 1. The molecule has 0 unspecified atom stereocenters. The van der Waals surface area contributed by atoms with Gasteiger partial charge < -0.3 is 25.6 Å². The maximum Gasteiger partial charge on any atom is 0.249 e. The fraction of sp³-hybridized carbons (Fsp3) is 0.562. The Hall–Kier alpha value is -1.63. The second-order valence-electron chi connectivity index (χ2n) is 6.43. The van der Waals surface area contributed by atoms with Gasteiger partial charge in [0.1, 0.15) is 11.7 Å². The Balaban J connectivity index is 1.74. The first-order valence-electron chi connectivity index (χ1n) is 7.60. The fourth-order valence-corrected chi connectivity index (χ4v) is 3.11. The van der Waals surface area contributed by atoms with Crippen molar-refractivity contribution in [1.82, 2.24) is 5.32 Å². The lowest BCUT2D eigenvalue weighted by atomic mass is 9.86. The summed E-state index contributed by atoms with van der Waals surface area (Å²) in [6, 6.07) is 7.18. The van der Waals surface area contributed by atoms with Crippen molar-refractivity contribution in [2.24, 2.45) is 5.92 Å². The van der Waals surface area contributed by atoms with Gasteiger partial charge in [-0.05, 0) is 12.0 Å². The SMILES string of the molecule is CC(C)[C@H](O)C(=O)N[C@@H]1CO[C@@H]2Nc3ccccc3[C@]2(O)C1. The van der Waals surface area contributed by atoms with E-state index in [4.69, 9.17) is 4.74 Å². The standard InChI is InChI=1S/C16H22N2O4/c1-9(2)13(19)14(20)17-10-7-16(21)11-5-3-4-6-12(11)18-15(16)22-8-10/h3-6,9-10,13,15,18-19,21H,7-8H2,1-2H3,(H,17,20)/t10-,13-,15-,16+/m0/s1. The van der Waals surface area contributed by atoms with Gasteiger partial charge in [-0.15, -0.1) is 0 Å². The number of ether oxygens (including phenoxy) is 1. The van der Waals surface area contributed by atoms with Crippen LogP contribution in [-0.2, 0) is 15.1 Å². The molecule has 6 nitrogen and oxygen atoms in total. The second kappa shape index (κ2) is 5.53. The normalized spacial score (nSPS) is 31.1. The van der Waals surface area contributed by atoms with Crippen molar-refractivity contribution in [3.63, 3.8) is 0 Å². The van der Waals surface area contributed by atoms with Gasteiger partial charge in [0.25, 0.3) is 0 Å². The van der Waals surface area contributed by atoms with Gasteiger partial charge in [0.15, 0.2) is 6.23 Å². The molecule has 2 aliphatic heterocycles. The zero-order valence-electron chi connectivity index (χ0n) is 12.7. The van der Waals surface area contributed by atoms with Gasteiger partial charge in [-0.3, -0.25) is 4.79 Å². The molecule has 1 fully saturated rings. The molecule has 0 radical (unpaired) electrons. The average Bonchev–Trinajstić information content (AvgIpc) is 2.78. The number of anilines is 1. The number of carbonyl (C=O) groups is 1. The Kier molecular flexibility index (Phi) is 3.84. The molecular weight excluding hydrogens is 284 g/mol. The van der Waals surface area contributed by atoms with Crippen molar-refractivity contribution < 1.29 is 19.7 Å². The van der Waals surface area contributed by atoms with Gasteiger partial charge in [0.05, 0.1) is 12.6 Å². The van der Waals surface area contributed by atoms with Crippen molar-refractivity contribution in [3.8, 4) is 0 Å². The molecule has 1 aromatic rings. The molecule has 4 atom stereocenters. The molecule has 0 spiro atoms. The van der Waals surface area contributed by atoms with E-state index in [9.17, 15) is 15.0 Å². The predicted molar refractivity (Wildman–Crippen MR) is 81.1 cm³/mol. The number of fused-ring (bicyclic) bond motifs is 3. The van der Waals surface area contributed by atoms with Gasteiger partial charge in [0.2, 0.25) is 5.91 Å². The summed E-state index contributed by atoms with van der Waals surface area (Å²) in [5.74, 6) is -0.584. The zero-order valence-corrected chi connectivity index (χ0v) is 12.7. The summed E-state index contributed by atoms with van der Waals surface area (Å²) in [6.45, 7) is 3.86. The van der Waals surface area contributed by atoms with Crippen LogP contribution in [0.15, 0.2) is 24.3 Å². The van der Waals surface area contributed by atoms with Crippen LogP contribution in [0.25, 0.3) is 0 Å². The minimum absolute atomic E-state index is 0.158. The molecule has 0 aromatic heterocycles. The van der Waals surface area contributed by atoms with Crippen LogP contribution in [0, 0.1) is 5.92 Å². The van der Waals surface area contributed by atoms with Crippen molar-refractivity contribution in [3.05, 3.63) is 29.8 Å². The Morgan fingerprint density at radius 1 is 1.45 bits per heavy atom. The van der Waals surface area contributed by atoms with Crippen molar-refractivity contribution in [1.29, 1.82) is 0 Å². The number of hydrogen-bond acceptors (Lipinski definition) is 5. The van der Waals surface area contributed by atoms with Crippen LogP contribution in [-0.4, -0.2) is 41.1 Å². The molecule has 1 saturated heterocycles. The minimum atomic E-state index is -1.17. The number of hydrogen-bond donors (Lipinski definition) is 4. The van der Waals surface area contributed by atoms with E-state index < -0.39 is 23.8 Å². The summed E-state index contributed by atoms with van der Waals surface area (Å²) in [5.41, 5.74) is 0.461. The van der Waals surface area contributed by atoms with Crippen LogP contribution in [0.4, 0.5) is 5.69 Å². The summed E-state index contributed by atoms with van der Waals surface area (Å²) in [4.78, 5) is 12.0. The third-order valence-corrected chi connectivity index (χ3v) is 4.38. The van der Waals surface area contributed by atoms with Crippen LogP contribution < -0.4 is 10.6 Å². The number of aliphatic hydroxyl groups excluding tert-OH is 1. The van der Waals surface area contributed by atoms with Gasteiger partial charge in [-0.2, -0.15) is 0 Å². The lowest BCUT2D eigenvalue weighted by Gasteiger charge is -2.39. The molecular formula is C16H22N2O4. The van der Waals surface area contributed by atoms with E-state index in [0.29, 0.717) is 13.0 Å². The summed E-state index contributed by atoms with van der Waals surface area (Å²) in [5, 5.41) is 26.7. The summed E-state index contributed by atoms with van der Waals surface area (Å²) in [7, 11) is 0. The summed E-state index contributed by atoms with van der Waals surface area (Å²) >= 11 is 0. The highest BCUT2D eigenvalue weighted by atomic mass is 16.5. The summed E-state index contributed by atoms with van der Waals surface area (Å²) < 4.78 is 5.68. The second-order valence-corrected chi connectivity index (χ2v) is 6.43. The van der Waals surface area contributed by atoms with E-state index in [0.717, 1.165) is 11.3 Å². The monoisotopic (exact) mass is 306 g/mol. The Bertz CT molecular complexity index is 577. The highest BCUT2D eigenvalue weighted by molar-refractivity contribution is 5.81. The lowest BCUT2D eigenvalue weighted by molar-refractivity contribution is -0.150. The van der Waals surface area contributed by atoms with Gasteiger partial charge in [-0.1, -0.05) is 32.0 Å². The molecule has 1 aromatic carbocycles. The molecule has 0 bridgehead atoms. The minimum Gasteiger partial charge on any atom is -0.383 e. The molecule has 6 heteroatoms. The molecule has 0 aliphatic carbocycles. The zero-order chi connectivity index (χ0) is 15.9. The molecule has 4 N–H and O–H groups in total. The third kappa shape index (κ3) is 2.47. The molecule has 0 saturated carbocycles. The predicted octanol–water partition coefficient (Wildman–Crippen LogP) is 0.548. The third-order valence-electron chi connectivity index (χ3n) is 4.38. The first-order chi connectivity index (χ1) is 10.4. The largest absolute Gasteiger partial charge is 0.383 e. The van der Waals surface area contributed by atoms with Crippen molar-refractivity contribution in [2.75, 3.05) is 11.9 Å². The number of aliphatic hydroxyl groups is 2. The average molecular weight is 306 g/mol. The van der Waals surface area contributed by atoms with Gasteiger partial charge in [-0.25, -0.2) is 0 Å². The van der Waals surface area contributed by atoms with E-state index in [-0.39, 0.29) is 12.0 Å². The maximum atomic E-state index is 12.0. The molecule has 3 rings (SSSR count). The van der Waals surface area contributed by atoms with Gasteiger partial charge in [0, 0.05) is 17.7 Å². The highest BCUT2D eigenvalue weighted by Gasteiger charge is 2.51. The molecule has 1 amide bonds. The van der Waals surface area contributed by atoms with Crippen LogP contribution in [0.2, 0.25) is 0 Å². The van der Waals surface area contributed by atoms with Crippen LogP contribution in [0.3, 0.4) is 0 Å². The number of nitrogens with one attached hydrogen (secondary N) is 2. The maximum absolute atomic E-state index is 12.0. The van der Waals surface area contributed by atoms with Crippen molar-refractivity contribution >= 4 is 11.6 Å². The number of amides is 1. The van der Waals surface area contributed by atoms with E-state index in [2.05, 4.69) is 10.6 Å². The van der Waals surface area contributed by atoms with Crippen LogP contribution in [0.1, 0.15) is 25.8 Å². The van der Waals surface area contributed by atoms with E-state index in [1.165, 1.54) is 0 Å². The summed E-state index contributed by atoms with van der Waals surface area (Å²) in [6.07, 6.45) is -1.22. The quantitative estimate of drug-likeness (QED) is 0.655. The topological polar surface area (TPSA) is 90.8 Å². The first kappa shape index (κ1) is 15.3. The number of benzene rings is 1. The Morgan fingerprint density at radius 3 is 2.91 bits per heavy atom. The van der Waals surface area contributed by atoms with Crippen LogP contribution in [0.5, 0.6) is 0 Å². The fourth-order valence-electron chi connectivity index (χ4n) is 3.11. The molecule has 2 heterocycles. The van der Waals surface area contributed by atoms with E-state index in [1.54, 1.807) is 13.8 Å². The Morgan fingerprint density at radius 2 is 2.18 bits per heavy atom. The van der Waals surface area contributed by atoms with Crippen LogP contribution >= 0.6 is 0 Å². The first-order valence-corrected chi connectivity index (χ1v) is 7.60. The smallest absolute Gasteiger partial charge is 0.249 e. The Labute approximate surface area is 129 Å². The van der Waals surface area contributed by atoms with Crippen molar-refractivity contribution in [2.45, 2.75) is 44.2 Å². The molecule has 120 valence electrons. The number of carbonyl (C=O) groups excluding carboxylic acids is 1. The lowest BCUT2D eigenvalue weighted by Crippen LogP contribution is -2.56. The van der Waals surface area contributed by atoms with E-state index in [1.807, 2.05) is 24.3 Å². The highest BCUT2D eigenvalue weighted by Crippen LogP contribution is 2.44.